The molecule has 2 N–H and O–H groups in total. The Kier molecular flexibility index (Phi) is 3.53. The molecule has 0 bridgehead atoms. The number of hydrogen-bond donors (Lipinski definition) is 2. The maximum atomic E-state index is 13.4. The first kappa shape index (κ1) is 13.5. The number of carbonyl (C=O) groups excluding carboxylic acids is 1. The zero-order valence-electron chi connectivity index (χ0n) is 10.3. The van der Waals surface area contributed by atoms with Crippen LogP contribution >= 0.6 is 0 Å². The van der Waals surface area contributed by atoms with Gasteiger partial charge in [-0.05, 0) is 24.6 Å². The van der Waals surface area contributed by atoms with Crippen molar-refractivity contribution in [3.63, 3.8) is 0 Å². The molecule has 0 spiro atoms. The summed E-state index contributed by atoms with van der Waals surface area (Å²) in [4.78, 5) is 24.3. The van der Waals surface area contributed by atoms with Crippen molar-refractivity contribution in [1.29, 1.82) is 0 Å². The number of β-amino-alcohol motifs (C(OH)–C–C–N with tert-alkyl or cyclic N) is 1. The van der Waals surface area contributed by atoms with E-state index < -0.39 is 29.8 Å². The van der Waals surface area contributed by atoms with E-state index >= 15 is 0 Å². The lowest BCUT2D eigenvalue weighted by molar-refractivity contribution is -0.141. The molecule has 1 amide bonds. The van der Waals surface area contributed by atoms with Gasteiger partial charge in [0.25, 0.3) is 5.91 Å². The highest BCUT2D eigenvalue weighted by atomic mass is 19.1. The SMILES string of the molecule is Cc1ccc(C(=O)N2CC(O)CC2C(=O)O)cc1F. The normalized spacial score (nSPS) is 22.6. The minimum Gasteiger partial charge on any atom is -0.480 e. The van der Waals surface area contributed by atoms with E-state index in [-0.39, 0.29) is 18.5 Å². The van der Waals surface area contributed by atoms with Crippen molar-refractivity contribution >= 4 is 11.9 Å². The van der Waals surface area contributed by atoms with Gasteiger partial charge >= 0.3 is 5.97 Å². The van der Waals surface area contributed by atoms with Crippen molar-refractivity contribution in [1.82, 2.24) is 4.90 Å². The number of carbonyl (C=O) groups is 2. The minimum absolute atomic E-state index is 0.00455. The Morgan fingerprint density at radius 1 is 1.42 bits per heavy atom. The molecule has 19 heavy (non-hydrogen) atoms. The molecule has 1 saturated heterocycles. The van der Waals surface area contributed by atoms with Gasteiger partial charge in [-0.3, -0.25) is 4.79 Å². The molecular weight excluding hydrogens is 253 g/mol. The monoisotopic (exact) mass is 267 g/mol. The lowest BCUT2D eigenvalue weighted by atomic mass is 10.1. The molecule has 0 saturated carbocycles. The van der Waals surface area contributed by atoms with Crippen molar-refractivity contribution in [2.75, 3.05) is 6.54 Å². The molecule has 1 aromatic carbocycles. The molecule has 0 aliphatic carbocycles. The molecule has 2 atom stereocenters. The predicted octanol–water partition coefficient (Wildman–Crippen LogP) is 0.794. The number of amides is 1. The molecule has 1 heterocycles. The first-order chi connectivity index (χ1) is 8.90. The van der Waals surface area contributed by atoms with E-state index in [1.165, 1.54) is 12.1 Å². The molecule has 1 fully saturated rings. The second-order valence-electron chi connectivity index (χ2n) is 4.67. The van der Waals surface area contributed by atoms with Crippen molar-refractivity contribution in [3.05, 3.63) is 35.1 Å². The third kappa shape index (κ3) is 2.58. The number of halogens is 1. The van der Waals surface area contributed by atoms with Gasteiger partial charge in [0.05, 0.1) is 6.10 Å². The molecule has 1 aliphatic heterocycles. The number of aryl methyl sites for hydroxylation is 1. The van der Waals surface area contributed by atoms with Gasteiger partial charge in [-0.25, -0.2) is 9.18 Å². The maximum absolute atomic E-state index is 13.4. The molecule has 1 aliphatic rings. The fourth-order valence-corrected chi connectivity index (χ4v) is 2.16. The Labute approximate surface area is 109 Å². The summed E-state index contributed by atoms with van der Waals surface area (Å²) in [5.41, 5.74) is 0.497. The molecule has 0 radical (unpaired) electrons. The zero-order valence-corrected chi connectivity index (χ0v) is 10.3. The molecule has 1 aromatic rings. The third-order valence-corrected chi connectivity index (χ3v) is 3.24. The van der Waals surface area contributed by atoms with Crippen molar-refractivity contribution in [2.45, 2.75) is 25.5 Å². The second kappa shape index (κ2) is 4.97. The molecule has 2 rings (SSSR count). The van der Waals surface area contributed by atoms with Gasteiger partial charge < -0.3 is 15.1 Å². The fourth-order valence-electron chi connectivity index (χ4n) is 2.16. The Hall–Kier alpha value is -1.95. The second-order valence-corrected chi connectivity index (χ2v) is 4.67. The third-order valence-electron chi connectivity index (χ3n) is 3.24. The summed E-state index contributed by atoms with van der Waals surface area (Å²) in [6.45, 7) is 1.52. The number of carboxylic acids is 1. The number of benzene rings is 1. The van der Waals surface area contributed by atoms with E-state index in [9.17, 15) is 19.1 Å². The first-order valence-corrected chi connectivity index (χ1v) is 5.88. The highest BCUT2D eigenvalue weighted by molar-refractivity contribution is 5.97. The molecule has 5 nitrogen and oxygen atoms in total. The lowest BCUT2D eigenvalue weighted by Crippen LogP contribution is -2.40. The molecule has 102 valence electrons. The van der Waals surface area contributed by atoms with E-state index in [0.29, 0.717) is 5.56 Å². The summed E-state index contributed by atoms with van der Waals surface area (Å²) in [5.74, 6) is -2.27. The highest BCUT2D eigenvalue weighted by Gasteiger charge is 2.39. The smallest absolute Gasteiger partial charge is 0.326 e. The van der Waals surface area contributed by atoms with Gasteiger partial charge in [-0.15, -0.1) is 0 Å². The van der Waals surface area contributed by atoms with Crippen LogP contribution in [0.5, 0.6) is 0 Å². The van der Waals surface area contributed by atoms with E-state index in [0.717, 1.165) is 11.0 Å². The average Bonchev–Trinajstić information content (AvgIpc) is 2.74. The summed E-state index contributed by atoms with van der Waals surface area (Å²) in [6.07, 6.45) is -0.865. The van der Waals surface area contributed by atoms with Gasteiger partial charge in [0.1, 0.15) is 11.9 Å². The van der Waals surface area contributed by atoms with Gasteiger partial charge in [0.15, 0.2) is 0 Å². The molecule has 6 heteroatoms. The summed E-state index contributed by atoms with van der Waals surface area (Å²) in [7, 11) is 0. The number of carboxylic acid groups (broad SMARTS) is 1. The van der Waals surface area contributed by atoms with E-state index in [4.69, 9.17) is 5.11 Å². The van der Waals surface area contributed by atoms with Crippen LogP contribution in [0.25, 0.3) is 0 Å². The lowest BCUT2D eigenvalue weighted by Gasteiger charge is -2.21. The largest absolute Gasteiger partial charge is 0.480 e. The van der Waals surface area contributed by atoms with Crippen LogP contribution in [-0.2, 0) is 4.79 Å². The Balaban J connectivity index is 2.27. The highest BCUT2D eigenvalue weighted by Crippen LogP contribution is 2.21. The van der Waals surface area contributed by atoms with E-state index in [1.807, 2.05) is 0 Å². The molecule has 0 aromatic heterocycles. The summed E-state index contributed by atoms with van der Waals surface area (Å²) in [6, 6.07) is 2.93. The average molecular weight is 267 g/mol. The number of hydrogen-bond acceptors (Lipinski definition) is 3. The predicted molar refractivity (Wildman–Crippen MR) is 64.2 cm³/mol. The van der Waals surface area contributed by atoms with Crippen LogP contribution in [0.1, 0.15) is 22.3 Å². The van der Waals surface area contributed by atoms with E-state index in [2.05, 4.69) is 0 Å². The zero-order chi connectivity index (χ0) is 14.2. The van der Waals surface area contributed by atoms with Gasteiger partial charge in [0.2, 0.25) is 0 Å². The van der Waals surface area contributed by atoms with Gasteiger partial charge in [0, 0.05) is 18.5 Å². The number of aliphatic hydroxyl groups is 1. The van der Waals surface area contributed by atoms with Crippen LogP contribution in [0.2, 0.25) is 0 Å². The van der Waals surface area contributed by atoms with Crippen molar-refractivity contribution < 1.29 is 24.2 Å². The Morgan fingerprint density at radius 2 is 2.11 bits per heavy atom. The fraction of sp³-hybridized carbons (Fsp3) is 0.385. The van der Waals surface area contributed by atoms with Gasteiger partial charge in [-0.1, -0.05) is 6.07 Å². The Morgan fingerprint density at radius 3 is 2.68 bits per heavy atom. The maximum Gasteiger partial charge on any atom is 0.326 e. The number of likely N-dealkylation sites (tertiary alicyclic amines) is 1. The molecule has 2 unspecified atom stereocenters. The van der Waals surface area contributed by atoms with Crippen molar-refractivity contribution in [2.24, 2.45) is 0 Å². The van der Waals surface area contributed by atoms with Crippen LogP contribution in [-0.4, -0.2) is 45.7 Å². The quantitative estimate of drug-likeness (QED) is 0.830. The number of rotatable bonds is 2. The van der Waals surface area contributed by atoms with Crippen LogP contribution in [0.3, 0.4) is 0 Å². The summed E-state index contributed by atoms with van der Waals surface area (Å²) < 4.78 is 13.4. The molecular formula is C13H14FNO4. The van der Waals surface area contributed by atoms with Crippen LogP contribution in [0.15, 0.2) is 18.2 Å². The standard InChI is InChI=1S/C13H14FNO4/c1-7-2-3-8(4-10(7)14)12(17)15-6-9(16)5-11(15)13(18)19/h2-4,9,11,16H,5-6H2,1H3,(H,18,19). The van der Waals surface area contributed by atoms with E-state index in [1.54, 1.807) is 6.92 Å². The Bertz CT molecular complexity index is 531. The topological polar surface area (TPSA) is 77.8 Å². The van der Waals surface area contributed by atoms with Crippen LogP contribution < -0.4 is 0 Å². The number of nitrogens with zero attached hydrogens (tertiary/aromatic N) is 1. The van der Waals surface area contributed by atoms with Gasteiger partial charge in [-0.2, -0.15) is 0 Å². The minimum atomic E-state index is -1.17. The number of aliphatic hydroxyl groups excluding tert-OH is 1. The van der Waals surface area contributed by atoms with Crippen LogP contribution in [0, 0.1) is 12.7 Å². The van der Waals surface area contributed by atoms with Crippen molar-refractivity contribution in [3.8, 4) is 0 Å². The first-order valence-electron chi connectivity index (χ1n) is 5.88. The van der Waals surface area contributed by atoms with Crippen LogP contribution in [0.4, 0.5) is 4.39 Å². The summed E-state index contributed by atoms with van der Waals surface area (Å²) in [5, 5.41) is 18.5. The number of aliphatic carboxylic acids is 1. The summed E-state index contributed by atoms with van der Waals surface area (Å²) >= 11 is 0.